The van der Waals surface area contributed by atoms with Crippen molar-refractivity contribution in [2.45, 2.75) is 0 Å². The van der Waals surface area contributed by atoms with E-state index >= 15 is 0 Å². The molecule has 7 aromatic rings. The molecule has 8 nitrogen and oxygen atoms in total. The smallest absolute Gasteiger partial charge is 0.253 e. The average molecular weight is 714 g/mol. The van der Waals surface area contributed by atoms with Gasteiger partial charge in [-0.15, -0.1) is 0 Å². The Morgan fingerprint density at radius 2 is 0.906 bits per heavy atom. The Kier molecular flexibility index (Phi) is 13.3. The van der Waals surface area contributed by atoms with Crippen LogP contribution in [0.1, 0.15) is 15.9 Å². The molecule has 9 heteroatoms. The zero-order valence-corrected chi connectivity index (χ0v) is 30.0. The van der Waals surface area contributed by atoms with E-state index in [2.05, 4.69) is 56.3 Å². The van der Waals surface area contributed by atoms with Crippen LogP contribution in [0.25, 0.3) is 45.0 Å². The number of hydrogen-bond donors (Lipinski definition) is 1. The first-order valence-electron chi connectivity index (χ1n) is 16.6. The van der Waals surface area contributed by atoms with Gasteiger partial charge in [0.05, 0.1) is 0 Å². The molecule has 1 aromatic heterocycles. The largest absolute Gasteiger partial charge is 0.383 e. The van der Waals surface area contributed by atoms with E-state index in [4.69, 9.17) is 22.6 Å². The van der Waals surface area contributed by atoms with Gasteiger partial charge < -0.3 is 10.6 Å². The van der Waals surface area contributed by atoms with Crippen molar-refractivity contribution < 1.29 is 4.79 Å². The van der Waals surface area contributed by atoms with E-state index in [0.717, 1.165) is 38.9 Å². The van der Waals surface area contributed by atoms with Crippen LogP contribution >= 0.6 is 11.6 Å². The van der Waals surface area contributed by atoms with Gasteiger partial charge in [0.2, 0.25) is 11.5 Å². The molecule has 0 fully saturated rings. The summed E-state index contributed by atoms with van der Waals surface area (Å²) in [5.74, 6) is 1.43. The Labute approximate surface area is 314 Å². The Bertz CT molecular complexity index is 2280. The minimum atomic E-state index is 0.0320. The van der Waals surface area contributed by atoms with Crippen LogP contribution in [0.2, 0.25) is 5.28 Å². The minimum absolute atomic E-state index is 0.0320. The predicted molar refractivity (Wildman–Crippen MR) is 214 cm³/mol. The number of nitriles is 1. The van der Waals surface area contributed by atoms with Crippen molar-refractivity contribution in [3.05, 3.63) is 186 Å². The number of halogens is 1. The molecule has 0 saturated carbocycles. The molecule has 0 atom stereocenters. The highest BCUT2D eigenvalue weighted by molar-refractivity contribution is 6.28. The van der Waals surface area contributed by atoms with E-state index in [1.165, 1.54) is 5.56 Å². The van der Waals surface area contributed by atoms with Crippen LogP contribution < -0.4 is 5.73 Å². The number of aromatic nitrogens is 3. The first kappa shape index (κ1) is 37.3. The SMILES string of the molecule is CN(C)C(=O)c1ccc(-c2ccccc2)cc1.Clc1nc(-c2ccccc2)nc(-c2ccc(-c3ccccc3)cc2)n1.N#CN=C(N)c1ccccc1. The van der Waals surface area contributed by atoms with Crippen molar-refractivity contribution in [2.75, 3.05) is 14.1 Å². The number of amides is 1. The Morgan fingerprint density at radius 1 is 0.547 bits per heavy atom. The second kappa shape index (κ2) is 18.9. The molecule has 7 rings (SSSR count). The molecule has 0 spiro atoms. The molecule has 0 saturated heterocycles. The van der Waals surface area contributed by atoms with Crippen molar-refractivity contribution >= 4 is 23.3 Å². The second-order valence-electron chi connectivity index (χ2n) is 11.7. The fraction of sp³-hybridized carbons (Fsp3) is 0.0455. The summed E-state index contributed by atoms with van der Waals surface area (Å²) in [4.78, 5) is 29.8. The normalized spacial score (nSPS) is 10.4. The molecule has 0 aliphatic carbocycles. The van der Waals surface area contributed by atoms with E-state index in [1.54, 1.807) is 37.3 Å². The maximum atomic E-state index is 11.7. The lowest BCUT2D eigenvalue weighted by Gasteiger charge is -2.10. The minimum Gasteiger partial charge on any atom is -0.383 e. The summed E-state index contributed by atoms with van der Waals surface area (Å²) in [6.07, 6.45) is 1.63. The Morgan fingerprint density at radius 3 is 1.34 bits per heavy atom. The maximum Gasteiger partial charge on any atom is 0.253 e. The van der Waals surface area contributed by atoms with Crippen LogP contribution in [-0.2, 0) is 0 Å². The average Bonchev–Trinajstić information content (AvgIpc) is 3.22. The van der Waals surface area contributed by atoms with Gasteiger partial charge in [0.25, 0.3) is 5.91 Å². The third-order valence-electron chi connectivity index (χ3n) is 7.78. The molecule has 0 aliphatic heterocycles. The molecule has 2 N–H and O–H groups in total. The van der Waals surface area contributed by atoms with E-state index < -0.39 is 0 Å². The number of nitrogens with zero attached hydrogens (tertiary/aromatic N) is 6. The summed E-state index contributed by atoms with van der Waals surface area (Å²) in [6.45, 7) is 0. The van der Waals surface area contributed by atoms with E-state index in [1.807, 2.05) is 121 Å². The lowest BCUT2D eigenvalue weighted by Crippen LogP contribution is -2.21. The second-order valence-corrected chi connectivity index (χ2v) is 12.0. The van der Waals surface area contributed by atoms with Crippen molar-refractivity contribution in [3.8, 4) is 51.2 Å². The van der Waals surface area contributed by atoms with E-state index in [0.29, 0.717) is 11.6 Å². The molecular weight excluding hydrogens is 678 g/mol. The quantitative estimate of drug-likeness (QED) is 0.104. The molecule has 53 heavy (non-hydrogen) atoms. The molecule has 0 unspecified atom stereocenters. The molecule has 6 aromatic carbocycles. The van der Waals surface area contributed by atoms with Crippen LogP contribution in [0.5, 0.6) is 0 Å². The standard InChI is InChI=1S/C21H14ClN3.C15H15NO.C8H7N3/c22-21-24-19(17-9-5-2-6-10-17)23-20(25-21)18-13-11-16(12-14-18)15-7-3-1-4-8-15;1-16(2)15(17)14-10-8-13(9-11-14)12-6-4-3-5-7-12;9-6-11-8(10)7-4-2-1-3-5-7/h1-14H;3-11H,1-2H3;1-5H,(H2,10,11). The van der Waals surface area contributed by atoms with Crippen LogP contribution in [0.15, 0.2) is 175 Å². The van der Waals surface area contributed by atoms with Gasteiger partial charge in [-0.05, 0) is 46.0 Å². The number of aliphatic imine (C=N–C) groups is 1. The van der Waals surface area contributed by atoms with Gasteiger partial charge in [-0.2, -0.15) is 20.2 Å². The highest BCUT2D eigenvalue weighted by Gasteiger charge is 2.10. The highest BCUT2D eigenvalue weighted by Crippen LogP contribution is 2.25. The third-order valence-corrected chi connectivity index (χ3v) is 7.94. The Balaban J connectivity index is 0.000000167. The number of benzene rings is 6. The number of carbonyl (C=O) groups is 1. The monoisotopic (exact) mass is 713 g/mol. The first-order valence-corrected chi connectivity index (χ1v) is 17.0. The van der Waals surface area contributed by atoms with Crippen LogP contribution in [-0.4, -0.2) is 45.7 Å². The molecule has 0 aliphatic rings. The van der Waals surface area contributed by atoms with Crippen molar-refractivity contribution in [2.24, 2.45) is 10.7 Å². The molecule has 0 bridgehead atoms. The lowest BCUT2D eigenvalue weighted by atomic mass is 10.0. The molecule has 1 heterocycles. The Hall–Kier alpha value is -6.95. The van der Waals surface area contributed by atoms with Gasteiger partial charge in [0.15, 0.2) is 11.6 Å². The highest BCUT2D eigenvalue weighted by atomic mass is 35.5. The third kappa shape index (κ3) is 10.8. The van der Waals surface area contributed by atoms with Crippen molar-refractivity contribution in [1.29, 1.82) is 5.26 Å². The molecule has 1 amide bonds. The number of nitrogens with two attached hydrogens (primary N) is 1. The predicted octanol–water partition coefficient (Wildman–Crippen LogP) is 9.45. The summed E-state index contributed by atoms with van der Waals surface area (Å²) in [5.41, 5.74) is 13.3. The summed E-state index contributed by atoms with van der Waals surface area (Å²) in [6, 6.07) is 55.1. The van der Waals surface area contributed by atoms with Crippen LogP contribution in [0.3, 0.4) is 0 Å². The number of carbonyl (C=O) groups excluding carboxylic acids is 1. The number of hydrogen-bond acceptors (Lipinski definition) is 6. The fourth-order valence-electron chi connectivity index (χ4n) is 5.06. The molecule has 260 valence electrons. The van der Waals surface area contributed by atoms with E-state index in [-0.39, 0.29) is 17.0 Å². The topological polar surface area (TPSA) is 121 Å². The maximum absolute atomic E-state index is 11.7. The first-order chi connectivity index (χ1) is 25.8. The summed E-state index contributed by atoms with van der Waals surface area (Å²) in [5, 5.41) is 8.37. The van der Waals surface area contributed by atoms with Gasteiger partial charge in [0.1, 0.15) is 5.84 Å². The number of rotatable bonds is 6. The zero-order chi connectivity index (χ0) is 37.4. The van der Waals surface area contributed by atoms with Crippen LogP contribution in [0.4, 0.5) is 0 Å². The molecular formula is C44H36ClN7O. The fourth-order valence-corrected chi connectivity index (χ4v) is 5.22. The van der Waals surface area contributed by atoms with E-state index in [9.17, 15) is 4.79 Å². The van der Waals surface area contributed by atoms with Gasteiger partial charge in [-0.25, -0.2) is 4.98 Å². The van der Waals surface area contributed by atoms with Crippen LogP contribution in [0, 0.1) is 11.5 Å². The summed E-state index contributed by atoms with van der Waals surface area (Å²) >= 11 is 6.11. The molecule has 0 radical (unpaired) electrons. The summed E-state index contributed by atoms with van der Waals surface area (Å²) < 4.78 is 0. The van der Waals surface area contributed by atoms with Gasteiger partial charge in [-0.3, -0.25) is 4.79 Å². The van der Waals surface area contributed by atoms with Gasteiger partial charge in [-0.1, -0.05) is 158 Å². The van der Waals surface area contributed by atoms with Crippen molar-refractivity contribution in [1.82, 2.24) is 19.9 Å². The van der Waals surface area contributed by atoms with Gasteiger partial charge in [0, 0.05) is 36.3 Å². The van der Waals surface area contributed by atoms with Gasteiger partial charge >= 0.3 is 0 Å². The summed E-state index contributed by atoms with van der Waals surface area (Å²) in [7, 11) is 3.51. The number of amidine groups is 1. The van der Waals surface area contributed by atoms with Crippen molar-refractivity contribution in [3.63, 3.8) is 0 Å². The lowest BCUT2D eigenvalue weighted by molar-refractivity contribution is 0.0827. The zero-order valence-electron chi connectivity index (χ0n) is 29.2.